The molecule has 1 saturated carbocycles. The van der Waals surface area contributed by atoms with Crippen LogP contribution in [0, 0.1) is 5.92 Å². The van der Waals surface area contributed by atoms with Crippen LogP contribution < -0.4 is 5.32 Å². The van der Waals surface area contributed by atoms with Gasteiger partial charge in [-0.2, -0.15) is 0 Å². The molecule has 0 aromatic carbocycles. The maximum absolute atomic E-state index is 5.42. The van der Waals surface area contributed by atoms with Crippen molar-refractivity contribution in [3.8, 4) is 0 Å². The molecule has 2 atom stereocenters. The first-order valence-electron chi connectivity index (χ1n) is 5.94. The average molecular weight is 234 g/mol. The molecule has 16 heavy (non-hydrogen) atoms. The van der Waals surface area contributed by atoms with Crippen molar-refractivity contribution in [1.29, 1.82) is 0 Å². The highest BCUT2D eigenvalue weighted by Crippen LogP contribution is 2.37. The van der Waals surface area contributed by atoms with Gasteiger partial charge in [-0.15, -0.1) is 0 Å². The van der Waals surface area contributed by atoms with E-state index in [9.17, 15) is 0 Å². The minimum atomic E-state index is 0.498. The van der Waals surface area contributed by atoms with Crippen molar-refractivity contribution in [3.63, 3.8) is 0 Å². The molecule has 1 heterocycles. The molecule has 0 bridgehead atoms. The normalized spacial score (nSPS) is 25.1. The van der Waals surface area contributed by atoms with Crippen LogP contribution >= 0.6 is 12.2 Å². The van der Waals surface area contributed by atoms with Crippen molar-refractivity contribution in [1.82, 2.24) is 10.3 Å². The molecule has 86 valence electrons. The van der Waals surface area contributed by atoms with Crippen molar-refractivity contribution in [3.05, 3.63) is 30.1 Å². The molecule has 1 fully saturated rings. The molecule has 1 unspecified atom stereocenters. The second kappa shape index (κ2) is 5.39. The van der Waals surface area contributed by atoms with Crippen LogP contribution in [-0.4, -0.2) is 17.0 Å². The van der Waals surface area contributed by atoms with Crippen LogP contribution in [0.4, 0.5) is 0 Å². The Morgan fingerprint density at radius 3 is 2.94 bits per heavy atom. The van der Waals surface area contributed by atoms with Gasteiger partial charge in [0, 0.05) is 25.4 Å². The van der Waals surface area contributed by atoms with E-state index in [4.69, 9.17) is 12.2 Å². The van der Waals surface area contributed by atoms with Gasteiger partial charge in [0.05, 0.1) is 4.99 Å². The van der Waals surface area contributed by atoms with Crippen molar-refractivity contribution in [2.24, 2.45) is 5.92 Å². The lowest BCUT2D eigenvalue weighted by Gasteiger charge is -2.32. The SMILES string of the molecule is CNC(=S)C1CCCC[C@H]1c1cccnc1. The van der Waals surface area contributed by atoms with Gasteiger partial charge in [-0.05, 0) is 30.4 Å². The lowest BCUT2D eigenvalue weighted by molar-refractivity contribution is 0.379. The largest absolute Gasteiger partial charge is 0.382 e. The molecule has 0 amide bonds. The van der Waals surface area contributed by atoms with Crippen LogP contribution in [0.15, 0.2) is 24.5 Å². The van der Waals surface area contributed by atoms with Gasteiger partial charge in [0.15, 0.2) is 0 Å². The van der Waals surface area contributed by atoms with Crippen LogP contribution in [0.1, 0.15) is 37.2 Å². The zero-order valence-corrected chi connectivity index (χ0v) is 10.5. The van der Waals surface area contributed by atoms with Gasteiger partial charge in [0.25, 0.3) is 0 Å². The van der Waals surface area contributed by atoms with Crippen molar-refractivity contribution >= 4 is 17.2 Å². The number of pyridine rings is 1. The fraction of sp³-hybridized carbons (Fsp3) is 0.538. The van der Waals surface area contributed by atoms with Gasteiger partial charge in [-0.25, -0.2) is 0 Å². The van der Waals surface area contributed by atoms with Crippen LogP contribution in [0.2, 0.25) is 0 Å². The predicted octanol–water partition coefficient (Wildman–Crippen LogP) is 2.90. The topological polar surface area (TPSA) is 24.9 Å². The summed E-state index contributed by atoms with van der Waals surface area (Å²) in [7, 11) is 1.93. The third-order valence-electron chi connectivity index (χ3n) is 3.46. The number of aromatic nitrogens is 1. The lowest BCUT2D eigenvalue weighted by Crippen LogP contribution is -2.32. The fourth-order valence-corrected chi connectivity index (χ4v) is 2.91. The maximum atomic E-state index is 5.42. The van der Waals surface area contributed by atoms with E-state index in [-0.39, 0.29) is 0 Å². The lowest BCUT2D eigenvalue weighted by atomic mass is 9.76. The first kappa shape index (κ1) is 11.5. The standard InChI is InChI=1S/C13H18N2S/c1-14-13(16)12-7-3-2-6-11(12)10-5-4-8-15-9-10/h4-5,8-9,11-12H,2-3,6-7H2,1H3,(H,14,16)/t11-,12?/m0/s1. The minimum absolute atomic E-state index is 0.498. The zero-order chi connectivity index (χ0) is 11.4. The predicted molar refractivity (Wildman–Crippen MR) is 70.6 cm³/mol. The van der Waals surface area contributed by atoms with E-state index in [1.165, 1.54) is 31.2 Å². The number of hydrogen-bond acceptors (Lipinski definition) is 2. The summed E-state index contributed by atoms with van der Waals surface area (Å²) in [4.78, 5) is 5.22. The highest BCUT2D eigenvalue weighted by molar-refractivity contribution is 7.80. The van der Waals surface area contributed by atoms with E-state index < -0.39 is 0 Å². The second-order valence-electron chi connectivity index (χ2n) is 4.40. The summed E-state index contributed by atoms with van der Waals surface area (Å²) in [5.41, 5.74) is 1.34. The molecule has 0 radical (unpaired) electrons. The Morgan fingerprint density at radius 2 is 2.25 bits per heavy atom. The Morgan fingerprint density at radius 1 is 1.44 bits per heavy atom. The van der Waals surface area contributed by atoms with Gasteiger partial charge in [0.1, 0.15) is 0 Å². The summed E-state index contributed by atoms with van der Waals surface area (Å²) < 4.78 is 0. The summed E-state index contributed by atoms with van der Waals surface area (Å²) >= 11 is 5.42. The Balaban J connectivity index is 2.20. The van der Waals surface area contributed by atoms with E-state index >= 15 is 0 Å². The highest BCUT2D eigenvalue weighted by Gasteiger charge is 2.29. The molecule has 0 spiro atoms. The van der Waals surface area contributed by atoms with E-state index in [0.717, 1.165) is 4.99 Å². The third-order valence-corrected chi connectivity index (χ3v) is 3.97. The third kappa shape index (κ3) is 2.40. The molecule has 1 aliphatic rings. The minimum Gasteiger partial charge on any atom is -0.382 e. The monoisotopic (exact) mass is 234 g/mol. The molecule has 1 aromatic heterocycles. The summed E-state index contributed by atoms with van der Waals surface area (Å²) in [6, 6.07) is 4.19. The van der Waals surface area contributed by atoms with E-state index in [1.807, 2.05) is 25.5 Å². The summed E-state index contributed by atoms with van der Waals surface area (Å²) in [5, 5.41) is 3.15. The number of rotatable bonds is 2. The van der Waals surface area contributed by atoms with Crippen molar-refractivity contribution in [2.45, 2.75) is 31.6 Å². The summed E-state index contributed by atoms with van der Waals surface area (Å²) in [6.07, 6.45) is 8.86. The van der Waals surface area contributed by atoms with Crippen LogP contribution in [-0.2, 0) is 0 Å². The second-order valence-corrected chi connectivity index (χ2v) is 4.84. The van der Waals surface area contributed by atoms with E-state index in [1.54, 1.807) is 0 Å². The van der Waals surface area contributed by atoms with Gasteiger partial charge in [-0.3, -0.25) is 4.98 Å². The number of hydrogen-bond donors (Lipinski definition) is 1. The molecule has 2 rings (SSSR count). The van der Waals surface area contributed by atoms with Crippen LogP contribution in [0.5, 0.6) is 0 Å². The number of nitrogens with zero attached hydrogens (tertiary/aromatic N) is 1. The Labute approximate surface area is 102 Å². The van der Waals surface area contributed by atoms with Gasteiger partial charge < -0.3 is 5.32 Å². The van der Waals surface area contributed by atoms with Crippen LogP contribution in [0.25, 0.3) is 0 Å². The molecule has 3 heteroatoms. The number of nitrogens with one attached hydrogen (secondary N) is 1. The van der Waals surface area contributed by atoms with E-state index in [2.05, 4.69) is 16.4 Å². The first-order chi connectivity index (χ1) is 7.83. The van der Waals surface area contributed by atoms with Crippen molar-refractivity contribution < 1.29 is 0 Å². The number of thiocarbonyl (C=S) groups is 1. The molecule has 1 N–H and O–H groups in total. The smallest absolute Gasteiger partial charge is 0.0788 e. The summed E-state index contributed by atoms with van der Waals surface area (Å²) in [5.74, 6) is 1.06. The van der Waals surface area contributed by atoms with Crippen LogP contribution in [0.3, 0.4) is 0 Å². The molecule has 1 aliphatic carbocycles. The quantitative estimate of drug-likeness (QED) is 0.796. The molecule has 0 aliphatic heterocycles. The molecule has 2 nitrogen and oxygen atoms in total. The van der Waals surface area contributed by atoms with Gasteiger partial charge in [-0.1, -0.05) is 31.1 Å². The molecular weight excluding hydrogens is 216 g/mol. The molecular formula is C13H18N2S. The summed E-state index contributed by atoms with van der Waals surface area (Å²) in [6.45, 7) is 0. The average Bonchev–Trinajstić information content (AvgIpc) is 2.39. The molecule has 0 saturated heterocycles. The highest BCUT2D eigenvalue weighted by atomic mass is 32.1. The fourth-order valence-electron chi connectivity index (χ4n) is 2.62. The first-order valence-corrected chi connectivity index (χ1v) is 6.35. The Hall–Kier alpha value is -0.960. The van der Waals surface area contributed by atoms with Gasteiger partial charge in [0.2, 0.25) is 0 Å². The Kier molecular flexibility index (Phi) is 3.88. The van der Waals surface area contributed by atoms with E-state index in [0.29, 0.717) is 11.8 Å². The maximum Gasteiger partial charge on any atom is 0.0788 e. The molecule has 1 aromatic rings. The van der Waals surface area contributed by atoms with Crippen molar-refractivity contribution in [2.75, 3.05) is 7.05 Å². The van der Waals surface area contributed by atoms with Gasteiger partial charge >= 0.3 is 0 Å². The Bertz CT molecular complexity index is 350. The zero-order valence-electron chi connectivity index (χ0n) is 9.65.